The summed E-state index contributed by atoms with van der Waals surface area (Å²) in [6.07, 6.45) is 0. The molecule has 2 nitrogen and oxygen atoms in total. The largest absolute Gasteiger partial charge is 0.334 e. The van der Waals surface area contributed by atoms with Gasteiger partial charge < -0.3 is 4.90 Å². The lowest BCUT2D eigenvalue weighted by molar-refractivity contribution is 0.0643. The van der Waals surface area contributed by atoms with E-state index in [-0.39, 0.29) is 18.0 Å². The van der Waals surface area contributed by atoms with Gasteiger partial charge in [0.25, 0.3) is 5.91 Å². The normalized spacial score (nSPS) is 10.9. The Morgan fingerprint density at radius 3 is 2.06 bits per heavy atom. The van der Waals surface area contributed by atoms with Gasteiger partial charge in [-0.3, -0.25) is 4.79 Å². The summed E-state index contributed by atoms with van der Waals surface area (Å²) in [7, 11) is 0. The lowest BCUT2D eigenvalue weighted by Gasteiger charge is -2.31. The van der Waals surface area contributed by atoms with Gasteiger partial charge in [0.05, 0.1) is 0 Å². The molecule has 0 aromatic heterocycles. The monoisotopic (exact) mass is 218 g/mol. The predicted octanol–water partition coefficient (Wildman–Crippen LogP) is 3.13. The number of carbonyl (C=O) groups is 1. The molecule has 0 saturated carbocycles. The molecule has 1 aromatic carbocycles. The number of benzene rings is 1. The van der Waals surface area contributed by atoms with Gasteiger partial charge in [-0.25, -0.2) is 0 Å². The zero-order chi connectivity index (χ0) is 12.3. The number of nitrogens with zero attached hydrogens (tertiary/aromatic N) is 1. The molecule has 0 aliphatic carbocycles. The molecule has 0 atom stereocenters. The second kappa shape index (κ2) is 5.15. The van der Waals surface area contributed by atoms with Crippen LogP contribution < -0.4 is 0 Å². The van der Waals surface area contributed by atoms with Crippen LogP contribution in [0.2, 0.25) is 0 Å². The maximum Gasteiger partial charge on any atom is 0.254 e. The molecule has 1 aromatic rings. The zero-order valence-electron chi connectivity index (χ0n) is 10.5. The first-order chi connectivity index (χ1) is 7.45. The maximum atomic E-state index is 12.3. The summed E-state index contributed by atoms with van der Waals surface area (Å²) in [5.41, 5.74) is 1.49. The minimum atomic E-state index is 0.0654. The van der Waals surface area contributed by atoms with Crippen molar-refractivity contribution in [2.75, 3.05) is 0 Å². The average molecular weight is 218 g/mol. The van der Waals surface area contributed by atoms with E-state index in [9.17, 15) is 4.79 Å². The van der Waals surface area contributed by atoms with E-state index < -0.39 is 0 Å². The van der Waals surface area contributed by atoms with Crippen LogP contribution in [-0.4, -0.2) is 22.9 Å². The van der Waals surface area contributed by atoms with E-state index in [1.807, 2.05) is 56.9 Å². The number of hydrogen-bond donors (Lipinski definition) is 0. The van der Waals surface area contributed by atoms with Gasteiger partial charge in [-0.2, -0.15) is 0 Å². The summed E-state index contributed by atoms with van der Waals surface area (Å²) in [5.74, 6) is 0.0654. The summed E-state index contributed by atoms with van der Waals surface area (Å²) >= 11 is 0. The van der Waals surface area contributed by atoms with E-state index in [0.29, 0.717) is 5.56 Å². The van der Waals surface area contributed by atoms with Gasteiger partial charge in [0.2, 0.25) is 0 Å². The summed E-state index contributed by atoms with van der Waals surface area (Å²) in [6, 6.07) is 7.88. The molecule has 0 bridgehead atoms. The quantitative estimate of drug-likeness (QED) is 0.763. The molecule has 0 N–H and O–H groups in total. The number of hydrogen-bond acceptors (Lipinski definition) is 1. The highest BCUT2D eigenvalue weighted by molar-refractivity contribution is 5.96. The molecule has 1 radical (unpaired) electrons. The van der Waals surface area contributed by atoms with Crippen molar-refractivity contribution in [1.29, 1.82) is 0 Å². The maximum absolute atomic E-state index is 12.3. The predicted molar refractivity (Wildman–Crippen MR) is 67.3 cm³/mol. The van der Waals surface area contributed by atoms with Gasteiger partial charge in [0, 0.05) is 17.6 Å². The molecule has 0 heterocycles. The fourth-order valence-corrected chi connectivity index (χ4v) is 1.93. The van der Waals surface area contributed by atoms with Crippen LogP contribution in [0.5, 0.6) is 0 Å². The highest BCUT2D eigenvalue weighted by Crippen LogP contribution is 2.15. The van der Waals surface area contributed by atoms with Crippen LogP contribution in [-0.2, 0) is 0 Å². The summed E-state index contributed by atoms with van der Waals surface area (Å²) in [5, 5.41) is 0. The fourth-order valence-electron chi connectivity index (χ4n) is 1.93. The first kappa shape index (κ1) is 12.8. The molecule has 1 rings (SSSR count). The Hall–Kier alpha value is -1.31. The molecule has 0 spiro atoms. The Kier molecular flexibility index (Phi) is 4.11. The smallest absolute Gasteiger partial charge is 0.254 e. The minimum Gasteiger partial charge on any atom is -0.334 e. The van der Waals surface area contributed by atoms with Crippen molar-refractivity contribution in [2.45, 2.75) is 39.8 Å². The third-order valence-corrected chi connectivity index (χ3v) is 2.59. The van der Waals surface area contributed by atoms with E-state index in [1.165, 1.54) is 0 Å². The topological polar surface area (TPSA) is 20.3 Å². The van der Waals surface area contributed by atoms with Gasteiger partial charge in [-0.1, -0.05) is 18.2 Å². The van der Waals surface area contributed by atoms with Gasteiger partial charge in [0.15, 0.2) is 0 Å². The van der Waals surface area contributed by atoms with E-state index in [4.69, 9.17) is 0 Å². The molecule has 0 aliphatic heterocycles. The highest BCUT2D eigenvalue weighted by Gasteiger charge is 2.22. The van der Waals surface area contributed by atoms with Crippen LogP contribution in [0, 0.1) is 6.92 Å². The van der Waals surface area contributed by atoms with Crippen molar-refractivity contribution >= 4 is 5.91 Å². The van der Waals surface area contributed by atoms with E-state index in [2.05, 4.69) is 6.92 Å². The Labute approximate surface area is 98.3 Å². The first-order valence-electron chi connectivity index (χ1n) is 5.68. The van der Waals surface area contributed by atoms with Gasteiger partial charge >= 0.3 is 0 Å². The molecular weight excluding hydrogens is 198 g/mol. The van der Waals surface area contributed by atoms with Gasteiger partial charge in [0.1, 0.15) is 0 Å². The molecule has 0 saturated heterocycles. The van der Waals surface area contributed by atoms with Crippen LogP contribution in [0.4, 0.5) is 0 Å². The van der Waals surface area contributed by atoms with Crippen LogP contribution in [0.15, 0.2) is 24.3 Å². The van der Waals surface area contributed by atoms with Gasteiger partial charge in [-0.05, 0) is 46.2 Å². The Morgan fingerprint density at radius 1 is 1.12 bits per heavy atom. The van der Waals surface area contributed by atoms with Crippen molar-refractivity contribution in [3.63, 3.8) is 0 Å². The second-order valence-corrected chi connectivity index (χ2v) is 4.56. The molecule has 87 valence electrons. The standard InChI is InChI=1S/C14H20NO/c1-10(2)15(11(3)4)14(16)13-9-7-6-8-12(13)5/h6-11H,5H2,1-4H3. The Morgan fingerprint density at radius 2 is 1.62 bits per heavy atom. The summed E-state index contributed by atoms with van der Waals surface area (Å²) < 4.78 is 0. The zero-order valence-corrected chi connectivity index (χ0v) is 10.5. The van der Waals surface area contributed by atoms with E-state index >= 15 is 0 Å². The molecule has 0 aliphatic rings. The van der Waals surface area contributed by atoms with Gasteiger partial charge in [-0.15, -0.1) is 0 Å². The van der Waals surface area contributed by atoms with Crippen LogP contribution in [0.1, 0.15) is 43.6 Å². The van der Waals surface area contributed by atoms with E-state index in [0.717, 1.165) is 5.56 Å². The van der Waals surface area contributed by atoms with Crippen LogP contribution in [0.25, 0.3) is 0 Å². The van der Waals surface area contributed by atoms with Crippen LogP contribution in [0.3, 0.4) is 0 Å². The number of carbonyl (C=O) groups excluding carboxylic acids is 1. The number of amides is 1. The molecule has 2 heteroatoms. The van der Waals surface area contributed by atoms with Crippen molar-refractivity contribution < 1.29 is 4.79 Å². The minimum absolute atomic E-state index is 0.0654. The Balaban J connectivity index is 3.05. The lowest BCUT2D eigenvalue weighted by Crippen LogP contribution is -2.42. The highest BCUT2D eigenvalue weighted by atomic mass is 16.2. The lowest BCUT2D eigenvalue weighted by atomic mass is 10.1. The van der Waals surface area contributed by atoms with Crippen LogP contribution >= 0.6 is 0 Å². The molecule has 16 heavy (non-hydrogen) atoms. The molecule has 0 unspecified atom stereocenters. The SMILES string of the molecule is [CH2]c1ccccc1C(=O)N(C(C)C)C(C)C. The first-order valence-corrected chi connectivity index (χ1v) is 5.68. The second-order valence-electron chi connectivity index (χ2n) is 4.56. The average Bonchev–Trinajstić information content (AvgIpc) is 2.16. The fraction of sp³-hybridized carbons (Fsp3) is 0.429. The van der Waals surface area contributed by atoms with Crippen molar-refractivity contribution in [1.82, 2.24) is 4.90 Å². The van der Waals surface area contributed by atoms with Crippen molar-refractivity contribution in [3.8, 4) is 0 Å². The summed E-state index contributed by atoms with van der Waals surface area (Å²) in [6.45, 7) is 12.0. The van der Waals surface area contributed by atoms with E-state index in [1.54, 1.807) is 0 Å². The third kappa shape index (κ3) is 2.63. The third-order valence-electron chi connectivity index (χ3n) is 2.59. The molecule has 1 amide bonds. The molecule has 0 fully saturated rings. The summed E-state index contributed by atoms with van der Waals surface area (Å²) in [4.78, 5) is 14.2. The Bertz CT molecular complexity index is 361. The number of rotatable bonds is 3. The van der Waals surface area contributed by atoms with Crippen molar-refractivity contribution in [2.24, 2.45) is 0 Å². The molecular formula is C14H20NO. The van der Waals surface area contributed by atoms with Crippen molar-refractivity contribution in [3.05, 3.63) is 42.3 Å².